The van der Waals surface area contributed by atoms with Gasteiger partial charge in [-0.25, -0.2) is 0 Å². The summed E-state index contributed by atoms with van der Waals surface area (Å²) in [6.07, 6.45) is 0. The minimum absolute atomic E-state index is 0.0587. The number of carbonyl (C=O) groups excluding carboxylic acids is 1. The Morgan fingerprint density at radius 3 is 2.54 bits per heavy atom. The molecule has 1 aromatic rings. The molecule has 26 heavy (non-hydrogen) atoms. The molecule has 0 radical (unpaired) electrons. The van der Waals surface area contributed by atoms with Gasteiger partial charge in [0.15, 0.2) is 0 Å². The van der Waals surface area contributed by atoms with E-state index in [0.29, 0.717) is 13.2 Å². The Kier molecular flexibility index (Phi) is 6.87. The van der Waals surface area contributed by atoms with Crippen LogP contribution < -0.4 is 15.0 Å². The van der Waals surface area contributed by atoms with Crippen molar-refractivity contribution in [2.24, 2.45) is 5.92 Å². The molecule has 0 saturated carbocycles. The van der Waals surface area contributed by atoms with E-state index in [2.05, 4.69) is 27.3 Å². The minimum Gasteiger partial charge on any atom is -0.492 e. The van der Waals surface area contributed by atoms with Crippen molar-refractivity contribution >= 4 is 11.6 Å². The standard InChI is InChI=1S/C20H30N4O2/c1-5-26-18-9-7-6-8-17(18)24-12-10-23(11-13-24)14-19(25)22-20(4,15-21)16(2)3/h6-9,16H,5,10-14H2,1-4H3,(H,22,25)/t20-/m1/s1. The van der Waals surface area contributed by atoms with Crippen LogP contribution in [0.4, 0.5) is 5.69 Å². The first-order valence-electron chi connectivity index (χ1n) is 9.31. The second-order valence-electron chi connectivity index (χ2n) is 7.18. The molecule has 1 saturated heterocycles. The van der Waals surface area contributed by atoms with Crippen molar-refractivity contribution in [1.82, 2.24) is 10.2 Å². The predicted molar refractivity (Wildman–Crippen MR) is 103 cm³/mol. The Morgan fingerprint density at radius 1 is 1.31 bits per heavy atom. The molecule has 0 aromatic heterocycles. The number of benzene rings is 1. The molecule has 1 fully saturated rings. The van der Waals surface area contributed by atoms with Crippen LogP contribution in [0.3, 0.4) is 0 Å². The molecule has 1 N–H and O–H groups in total. The van der Waals surface area contributed by atoms with Crippen LogP contribution in [0.2, 0.25) is 0 Å². The van der Waals surface area contributed by atoms with E-state index in [-0.39, 0.29) is 11.8 Å². The number of nitriles is 1. The number of anilines is 1. The highest BCUT2D eigenvalue weighted by molar-refractivity contribution is 5.79. The summed E-state index contributed by atoms with van der Waals surface area (Å²) in [7, 11) is 0. The number of rotatable bonds is 7. The normalized spacial score (nSPS) is 17.5. The first-order chi connectivity index (χ1) is 12.4. The molecule has 1 atom stereocenters. The highest BCUT2D eigenvalue weighted by atomic mass is 16.5. The van der Waals surface area contributed by atoms with Crippen LogP contribution in [0.1, 0.15) is 27.7 Å². The van der Waals surface area contributed by atoms with Crippen LogP contribution in [0, 0.1) is 17.2 Å². The Morgan fingerprint density at radius 2 is 1.96 bits per heavy atom. The number of para-hydroxylation sites is 2. The molecule has 1 heterocycles. The van der Waals surface area contributed by atoms with Crippen LogP contribution in [0.5, 0.6) is 5.75 Å². The monoisotopic (exact) mass is 358 g/mol. The Bertz CT molecular complexity index is 647. The van der Waals surface area contributed by atoms with Gasteiger partial charge >= 0.3 is 0 Å². The quantitative estimate of drug-likeness (QED) is 0.810. The first kappa shape index (κ1) is 20.1. The number of amides is 1. The molecule has 6 heteroatoms. The van der Waals surface area contributed by atoms with Crippen molar-refractivity contribution in [2.45, 2.75) is 33.2 Å². The zero-order valence-corrected chi connectivity index (χ0v) is 16.3. The van der Waals surface area contributed by atoms with Gasteiger partial charge in [0.1, 0.15) is 11.3 Å². The van der Waals surface area contributed by atoms with Crippen LogP contribution >= 0.6 is 0 Å². The van der Waals surface area contributed by atoms with Gasteiger partial charge in [0.05, 0.1) is 24.9 Å². The highest BCUT2D eigenvalue weighted by Crippen LogP contribution is 2.28. The fourth-order valence-corrected chi connectivity index (χ4v) is 2.98. The third-order valence-electron chi connectivity index (χ3n) is 5.03. The number of hydrogen-bond acceptors (Lipinski definition) is 5. The zero-order valence-electron chi connectivity index (χ0n) is 16.3. The molecule has 142 valence electrons. The highest BCUT2D eigenvalue weighted by Gasteiger charge is 2.31. The summed E-state index contributed by atoms with van der Waals surface area (Å²) in [6.45, 7) is 11.9. The fraction of sp³-hybridized carbons (Fsp3) is 0.600. The van der Waals surface area contributed by atoms with Crippen LogP contribution in [-0.2, 0) is 4.79 Å². The van der Waals surface area contributed by atoms with Gasteiger partial charge in [-0.05, 0) is 31.9 Å². The van der Waals surface area contributed by atoms with Crippen LogP contribution in [0.25, 0.3) is 0 Å². The van der Waals surface area contributed by atoms with Crippen molar-refractivity contribution in [3.63, 3.8) is 0 Å². The van der Waals surface area contributed by atoms with E-state index in [0.717, 1.165) is 37.6 Å². The van der Waals surface area contributed by atoms with Crippen molar-refractivity contribution in [1.29, 1.82) is 5.26 Å². The number of piperazine rings is 1. The van der Waals surface area contributed by atoms with E-state index in [9.17, 15) is 10.1 Å². The minimum atomic E-state index is -0.824. The zero-order chi connectivity index (χ0) is 19.2. The van der Waals surface area contributed by atoms with E-state index in [1.54, 1.807) is 6.92 Å². The lowest BCUT2D eigenvalue weighted by Crippen LogP contribution is -2.54. The number of carbonyl (C=O) groups is 1. The van der Waals surface area contributed by atoms with Gasteiger partial charge in [0.2, 0.25) is 5.91 Å². The molecule has 0 spiro atoms. The Balaban J connectivity index is 1.89. The summed E-state index contributed by atoms with van der Waals surface area (Å²) in [5, 5.41) is 12.2. The maximum Gasteiger partial charge on any atom is 0.235 e. The van der Waals surface area contributed by atoms with Gasteiger partial charge in [-0.15, -0.1) is 0 Å². The van der Waals surface area contributed by atoms with Gasteiger partial charge < -0.3 is 15.0 Å². The molecule has 2 rings (SSSR count). The molecule has 1 aliphatic rings. The van der Waals surface area contributed by atoms with E-state index < -0.39 is 5.54 Å². The topological polar surface area (TPSA) is 68.6 Å². The Labute approximate surface area is 156 Å². The van der Waals surface area contributed by atoms with E-state index in [4.69, 9.17) is 4.74 Å². The number of ether oxygens (including phenoxy) is 1. The fourth-order valence-electron chi connectivity index (χ4n) is 2.98. The lowest BCUT2D eigenvalue weighted by molar-refractivity contribution is -0.124. The van der Waals surface area contributed by atoms with E-state index in [1.807, 2.05) is 39.0 Å². The summed E-state index contributed by atoms with van der Waals surface area (Å²) in [4.78, 5) is 16.8. The maximum atomic E-state index is 12.3. The molecule has 1 amide bonds. The largest absolute Gasteiger partial charge is 0.492 e. The molecular formula is C20H30N4O2. The maximum absolute atomic E-state index is 12.3. The summed E-state index contributed by atoms with van der Waals surface area (Å²) < 4.78 is 5.72. The number of hydrogen-bond donors (Lipinski definition) is 1. The number of nitrogens with one attached hydrogen (secondary N) is 1. The van der Waals surface area contributed by atoms with Gasteiger partial charge in [0, 0.05) is 26.2 Å². The SMILES string of the molecule is CCOc1ccccc1N1CCN(CC(=O)N[C@](C)(C#N)C(C)C)CC1. The summed E-state index contributed by atoms with van der Waals surface area (Å²) in [5.74, 6) is 0.872. The van der Waals surface area contributed by atoms with Gasteiger partial charge in [-0.3, -0.25) is 9.69 Å². The third-order valence-corrected chi connectivity index (χ3v) is 5.03. The van der Waals surface area contributed by atoms with Gasteiger partial charge in [-0.2, -0.15) is 5.26 Å². The average Bonchev–Trinajstić information content (AvgIpc) is 2.63. The van der Waals surface area contributed by atoms with Crippen LogP contribution in [0.15, 0.2) is 24.3 Å². The molecule has 0 bridgehead atoms. The molecule has 1 aliphatic heterocycles. The van der Waals surface area contributed by atoms with E-state index >= 15 is 0 Å². The summed E-state index contributed by atoms with van der Waals surface area (Å²) >= 11 is 0. The van der Waals surface area contributed by atoms with Crippen molar-refractivity contribution in [3.8, 4) is 11.8 Å². The predicted octanol–water partition coefficient (Wildman–Crippen LogP) is 2.26. The van der Waals surface area contributed by atoms with E-state index in [1.165, 1.54) is 0 Å². The average molecular weight is 358 g/mol. The van der Waals surface area contributed by atoms with Gasteiger partial charge in [0.25, 0.3) is 0 Å². The second kappa shape index (κ2) is 8.91. The molecular weight excluding hydrogens is 328 g/mol. The first-order valence-corrected chi connectivity index (χ1v) is 9.31. The summed E-state index contributed by atoms with van der Waals surface area (Å²) in [5.41, 5.74) is 0.283. The number of nitrogens with zero attached hydrogens (tertiary/aromatic N) is 3. The lowest BCUT2D eigenvalue weighted by atomic mass is 9.90. The second-order valence-corrected chi connectivity index (χ2v) is 7.18. The van der Waals surface area contributed by atoms with Gasteiger partial charge in [-0.1, -0.05) is 26.0 Å². The molecule has 0 aliphatic carbocycles. The lowest BCUT2D eigenvalue weighted by Gasteiger charge is -2.37. The molecule has 1 aromatic carbocycles. The van der Waals surface area contributed by atoms with Crippen LogP contribution in [-0.4, -0.2) is 55.7 Å². The molecule has 6 nitrogen and oxygen atoms in total. The summed E-state index contributed by atoms with van der Waals surface area (Å²) in [6, 6.07) is 10.3. The smallest absolute Gasteiger partial charge is 0.235 e. The third kappa shape index (κ3) is 4.89. The van der Waals surface area contributed by atoms with Crippen molar-refractivity contribution in [2.75, 3.05) is 44.2 Å². The Hall–Kier alpha value is -2.26. The van der Waals surface area contributed by atoms with Crippen molar-refractivity contribution < 1.29 is 9.53 Å². The van der Waals surface area contributed by atoms with Crippen molar-refractivity contribution in [3.05, 3.63) is 24.3 Å². The molecule has 0 unspecified atom stereocenters.